The Hall–Kier alpha value is -3.17. The fourth-order valence-corrected chi connectivity index (χ4v) is 3.70. The summed E-state index contributed by atoms with van der Waals surface area (Å²) in [7, 11) is 2.93. The van der Waals surface area contributed by atoms with E-state index in [1.807, 2.05) is 0 Å². The summed E-state index contributed by atoms with van der Waals surface area (Å²) < 4.78 is 24.2. The standard InChI is InChI=1S/C21H17ClFN3O4S.CH4/c1-12(13-7-4-5-9-15(13)23)26-30-20(27)19-14(22)8-6-10-16(19)31-21-24-17(28-2)11-18(25-21)29-3;/h4-11H,1-3H3;1H4/b26-12+;. The van der Waals surface area contributed by atoms with E-state index in [0.29, 0.717) is 16.7 Å². The second-order valence-corrected chi connectivity index (χ2v) is 7.40. The molecule has 0 aliphatic heterocycles. The molecular weight excluding hydrogens is 457 g/mol. The Bertz CT molecular complexity index is 1120. The fourth-order valence-electron chi connectivity index (χ4n) is 2.48. The molecule has 0 unspecified atom stereocenters. The van der Waals surface area contributed by atoms with Gasteiger partial charge in [0, 0.05) is 10.5 Å². The maximum absolute atomic E-state index is 13.9. The SMILES string of the molecule is C.COc1cc(OC)nc(Sc2cccc(Cl)c2C(=O)O/N=C(\C)c2ccccc2F)n1. The minimum absolute atomic E-state index is 0. The minimum Gasteiger partial charge on any atom is -0.481 e. The van der Waals surface area contributed by atoms with E-state index in [0.717, 1.165) is 11.8 Å². The van der Waals surface area contributed by atoms with Crippen molar-refractivity contribution < 1.29 is 23.5 Å². The number of rotatable bonds is 7. The predicted molar refractivity (Wildman–Crippen MR) is 121 cm³/mol. The van der Waals surface area contributed by atoms with Crippen molar-refractivity contribution in [1.82, 2.24) is 9.97 Å². The van der Waals surface area contributed by atoms with Crippen LogP contribution in [0.5, 0.6) is 11.8 Å². The molecule has 1 heterocycles. The number of hydrogen-bond donors (Lipinski definition) is 0. The van der Waals surface area contributed by atoms with Gasteiger partial charge in [-0.25, -0.2) is 9.18 Å². The second kappa shape index (κ2) is 11.4. The molecule has 0 spiro atoms. The molecule has 0 amide bonds. The summed E-state index contributed by atoms with van der Waals surface area (Å²) >= 11 is 7.33. The minimum atomic E-state index is -0.807. The molecular formula is C22H21ClFN3O4S. The van der Waals surface area contributed by atoms with Crippen LogP contribution in [0.15, 0.2) is 63.7 Å². The van der Waals surface area contributed by atoms with Crippen LogP contribution >= 0.6 is 23.4 Å². The van der Waals surface area contributed by atoms with E-state index in [-0.39, 0.29) is 34.4 Å². The van der Waals surface area contributed by atoms with E-state index in [4.69, 9.17) is 25.9 Å². The largest absolute Gasteiger partial charge is 0.481 e. The molecule has 0 bridgehead atoms. The molecule has 32 heavy (non-hydrogen) atoms. The molecule has 0 saturated carbocycles. The maximum atomic E-state index is 13.9. The number of halogens is 2. The Labute approximate surface area is 194 Å². The maximum Gasteiger partial charge on any atom is 0.368 e. The first-order valence-corrected chi connectivity index (χ1v) is 10.1. The summed E-state index contributed by atoms with van der Waals surface area (Å²) in [5.41, 5.74) is 0.499. The second-order valence-electron chi connectivity index (χ2n) is 5.99. The van der Waals surface area contributed by atoms with E-state index >= 15 is 0 Å². The van der Waals surface area contributed by atoms with E-state index in [9.17, 15) is 9.18 Å². The van der Waals surface area contributed by atoms with Crippen LogP contribution < -0.4 is 9.47 Å². The zero-order chi connectivity index (χ0) is 22.4. The van der Waals surface area contributed by atoms with Crippen molar-refractivity contribution in [3.63, 3.8) is 0 Å². The average molecular weight is 478 g/mol. The van der Waals surface area contributed by atoms with Gasteiger partial charge in [-0.05, 0) is 36.9 Å². The molecule has 2 aromatic carbocycles. The van der Waals surface area contributed by atoms with Gasteiger partial charge in [-0.3, -0.25) is 0 Å². The van der Waals surface area contributed by atoms with Gasteiger partial charge in [-0.15, -0.1) is 0 Å². The third kappa shape index (κ3) is 5.95. The van der Waals surface area contributed by atoms with Gasteiger partial charge in [0.05, 0.1) is 36.6 Å². The van der Waals surface area contributed by atoms with Gasteiger partial charge >= 0.3 is 5.97 Å². The lowest BCUT2D eigenvalue weighted by molar-refractivity contribution is 0.0512. The highest BCUT2D eigenvalue weighted by Crippen LogP contribution is 2.34. The van der Waals surface area contributed by atoms with Gasteiger partial charge in [0.15, 0.2) is 5.16 Å². The van der Waals surface area contributed by atoms with Gasteiger partial charge < -0.3 is 14.3 Å². The zero-order valence-corrected chi connectivity index (χ0v) is 18.3. The lowest BCUT2D eigenvalue weighted by Gasteiger charge is -2.10. The molecule has 7 nitrogen and oxygen atoms in total. The summed E-state index contributed by atoms with van der Waals surface area (Å²) in [5, 5.41) is 4.20. The lowest BCUT2D eigenvalue weighted by Crippen LogP contribution is -2.07. The van der Waals surface area contributed by atoms with Crippen LogP contribution in [0.2, 0.25) is 5.02 Å². The van der Waals surface area contributed by atoms with Gasteiger partial charge in [0.25, 0.3) is 0 Å². The third-order valence-electron chi connectivity index (χ3n) is 3.99. The van der Waals surface area contributed by atoms with Crippen molar-refractivity contribution in [2.75, 3.05) is 14.2 Å². The number of carbonyl (C=O) groups is 1. The number of carbonyl (C=O) groups excluding carboxylic acids is 1. The Balaban J connectivity index is 0.00000363. The van der Waals surface area contributed by atoms with Crippen LogP contribution in [0.3, 0.4) is 0 Å². The molecule has 3 aromatic rings. The zero-order valence-electron chi connectivity index (χ0n) is 16.8. The number of benzene rings is 2. The number of hydrogen-bond acceptors (Lipinski definition) is 8. The predicted octanol–water partition coefficient (Wildman–Crippen LogP) is 5.65. The quantitative estimate of drug-likeness (QED) is 0.188. The van der Waals surface area contributed by atoms with E-state index < -0.39 is 11.8 Å². The summed E-state index contributed by atoms with van der Waals surface area (Å²) in [6.45, 7) is 1.53. The van der Waals surface area contributed by atoms with Crippen molar-refractivity contribution in [3.05, 3.63) is 70.5 Å². The Morgan fingerprint density at radius 1 is 1.06 bits per heavy atom. The normalized spacial score (nSPS) is 10.8. The Morgan fingerprint density at radius 2 is 1.72 bits per heavy atom. The van der Waals surface area contributed by atoms with E-state index in [2.05, 4.69) is 15.1 Å². The molecule has 0 aliphatic carbocycles. The Morgan fingerprint density at radius 3 is 2.34 bits per heavy atom. The Kier molecular flexibility index (Phi) is 8.98. The number of methoxy groups -OCH3 is 2. The fraction of sp³-hybridized carbons (Fsp3) is 0.182. The average Bonchev–Trinajstić information content (AvgIpc) is 2.77. The van der Waals surface area contributed by atoms with Crippen LogP contribution in [0, 0.1) is 5.82 Å². The van der Waals surface area contributed by atoms with Gasteiger partial charge in [0.1, 0.15) is 5.82 Å². The number of aromatic nitrogens is 2. The number of oxime groups is 1. The molecule has 1 aromatic heterocycles. The van der Waals surface area contributed by atoms with Crippen molar-refractivity contribution in [2.45, 2.75) is 24.4 Å². The smallest absolute Gasteiger partial charge is 0.368 e. The molecule has 0 N–H and O–H groups in total. The van der Waals surface area contributed by atoms with Crippen molar-refractivity contribution in [2.24, 2.45) is 5.16 Å². The molecule has 168 valence electrons. The molecule has 0 saturated heterocycles. The van der Waals surface area contributed by atoms with Crippen molar-refractivity contribution in [3.8, 4) is 11.8 Å². The first kappa shape index (κ1) is 25.1. The lowest BCUT2D eigenvalue weighted by atomic mass is 10.1. The highest BCUT2D eigenvalue weighted by molar-refractivity contribution is 7.99. The molecule has 10 heteroatoms. The first-order valence-electron chi connectivity index (χ1n) is 8.87. The third-order valence-corrected chi connectivity index (χ3v) is 5.23. The molecule has 3 rings (SSSR count). The van der Waals surface area contributed by atoms with Crippen molar-refractivity contribution >= 4 is 35.0 Å². The molecule has 0 aliphatic rings. The molecule has 0 radical (unpaired) electrons. The summed E-state index contributed by atoms with van der Waals surface area (Å²) in [6, 6.07) is 12.4. The van der Waals surface area contributed by atoms with Crippen LogP contribution in [-0.4, -0.2) is 35.9 Å². The molecule has 0 fully saturated rings. The first-order chi connectivity index (χ1) is 14.9. The van der Waals surface area contributed by atoms with Crippen LogP contribution in [-0.2, 0) is 4.84 Å². The number of nitrogens with zero attached hydrogens (tertiary/aromatic N) is 3. The highest BCUT2D eigenvalue weighted by atomic mass is 35.5. The van der Waals surface area contributed by atoms with Crippen LogP contribution in [0.1, 0.15) is 30.3 Å². The number of ether oxygens (including phenoxy) is 2. The summed E-state index contributed by atoms with van der Waals surface area (Å²) in [4.78, 5) is 26.7. The van der Waals surface area contributed by atoms with E-state index in [1.54, 1.807) is 30.3 Å². The van der Waals surface area contributed by atoms with Crippen molar-refractivity contribution in [1.29, 1.82) is 0 Å². The van der Waals surface area contributed by atoms with E-state index in [1.165, 1.54) is 39.3 Å². The molecule has 0 atom stereocenters. The van der Waals surface area contributed by atoms with Crippen LogP contribution in [0.25, 0.3) is 0 Å². The topological polar surface area (TPSA) is 82.9 Å². The summed E-state index contributed by atoms with van der Waals surface area (Å²) in [6.07, 6.45) is 0. The van der Waals surface area contributed by atoms with Gasteiger partial charge in [0.2, 0.25) is 11.8 Å². The monoisotopic (exact) mass is 477 g/mol. The summed E-state index contributed by atoms with van der Waals surface area (Å²) in [5.74, 6) is -0.687. The van der Waals surface area contributed by atoms with Gasteiger partial charge in [-0.1, -0.05) is 48.4 Å². The highest BCUT2D eigenvalue weighted by Gasteiger charge is 2.20. The van der Waals surface area contributed by atoms with Crippen LogP contribution in [0.4, 0.5) is 4.39 Å². The van der Waals surface area contributed by atoms with Gasteiger partial charge in [-0.2, -0.15) is 9.97 Å².